The van der Waals surface area contributed by atoms with Gasteiger partial charge in [0, 0.05) is 5.56 Å². The molecule has 0 unspecified atom stereocenters. The Bertz CT molecular complexity index is 829. The zero-order chi connectivity index (χ0) is 15.6. The topological polar surface area (TPSA) is 125 Å². The van der Waals surface area contributed by atoms with Gasteiger partial charge in [-0.15, -0.1) is 0 Å². The molecule has 2 rings (SSSR count). The van der Waals surface area contributed by atoms with E-state index in [4.69, 9.17) is 15.6 Å². The van der Waals surface area contributed by atoms with Crippen LogP contribution in [-0.2, 0) is 0 Å². The lowest BCUT2D eigenvalue weighted by molar-refractivity contribution is 0.0697. The van der Waals surface area contributed by atoms with Gasteiger partial charge in [-0.05, 0) is 23.8 Å². The molecule has 21 heavy (non-hydrogen) atoms. The van der Waals surface area contributed by atoms with Crippen molar-refractivity contribution in [2.75, 3.05) is 0 Å². The largest absolute Gasteiger partial charge is 0.503 e. The summed E-state index contributed by atoms with van der Waals surface area (Å²) in [5.41, 5.74) is 0.0874. The molecule has 0 heterocycles. The number of carbonyl (C=O) groups is 1. The van der Waals surface area contributed by atoms with Crippen LogP contribution in [-0.4, -0.2) is 21.3 Å². The van der Waals surface area contributed by atoms with Gasteiger partial charge in [0.25, 0.3) is 0 Å². The van der Waals surface area contributed by atoms with Crippen LogP contribution in [0.15, 0.2) is 30.3 Å². The molecule has 0 saturated carbocycles. The van der Waals surface area contributed by atoms with E-state index in [0.717, 1.165) is 0 Å². The van der Waals surface area contributed by atoms with E-state index in [2.05, 4.69) is 0 Å². The molecular formula is C15H8N2O4. The van der Waals surface area contributed by atoms with Crippen LogP contribution in [0, 0.1) is 22.7 Å². The van der Waals surface area contributed by atoms with Gasteiger partial charge in [-0.1, -0.05) is 12.1 Å². The zero-order valence-corrected chi connectivity index (χ0v) is 10.5. The lowest BCUT2D eigenvalue weighted by atomic mass is 9.95. The number of aromatic carboxylic acids is 1. The van der Waals surface area contributed by atoms with Crippen molar-refractivity contribution in [3.63, 3.8) is 0 Å². The highest BCUT2D eigenvalue weighted by Gasteiger charge is 2.18. The molecule has 0 bridgehead atoms. The van der Waals surface area contributed by atoms with Gasteiger partial charge in [0.2, 0.25) is 0 Å². The van der Waals surface area contributed by atoms with E-state index in [-0.39, 0.29) is 22.3 Å². The quantitative estimate of drug-likeness (QED) is 0.724. The fourth-order valence-electron chi connectivity index (χ4n) is 1.90. The first-order valence-corrected chi connectivity index (χ1v) is 5.72. The molecule has 0 saturated heterocycles. The first kappa shape index (κ1) is 13.9. The Hall–Kier alpha value is -3.51. The number of nitrogens with zero attached hydrogens (tertiary/aromatic N) is 2. The number of hydrogen-bond acceptors (Lipinski definition) is 5. The highest BCUT2D eigenvalue weighted by Crippen LogP contribution is 2.39. The Balaban J connectivity index is 2.78. The van der Waals surface area contributed by atoms with Crippen molar-refractivity contribution < 1.29 is 20.1 Å². The molecule has 0 radical (unpaired) electrons. The Kier molecular flexibility index (Phi) is 3.47. The van der Waals surface area contributed by atoms with Crippen molar-refractivity contribution >= 4 is 5.97 Å². The van der Waals surface area contributed by atoms with Crippen molar-refractivity contribution in [3.05, 3.63) is 47.0 Å². The smallest absolute Gasteiger partial charge is 0.335 e. The van der Waals surface area contributed by atoms with Gasteiger partial charge >= 0.3 is 5.97 Å². The summed E-state index contributed by atoms with van der Waals surface area (Å²) in [5.74, 6) is -2.52. The summed E-state index contributed by atoms with van der Waals surface area (Å²) < 4.78 is 0. The van der Waals surface area contributed by atoms with Gasteiger partial charge in [0.1, 0.15) is 17.7 Å². The average molecular weight is 280 g/mol. The number of carboxylic acid groups (broad SMARTS) is 1. The summed E-state index contributed by atoms with van der Waals surface area (Å²) in [6, 6.07) is 10.4. The van der Waals surface area contributed by atoms with E-state index in [9.17, 15) is 15.0 Å². The van der Waals surface area contributed by atoms with E-state index in [1.165, 1.54) is 24.3 Å². The second-order valence-corrected chi connectivity index (χ2v) is 4.15. The van der Waals surface area contributed by atoms with Crippen LogP contribution < -0.4 is 0 Å². The molecule has 0 aromatic heterocycles. The molecule has 6 nitrogen and oxygen atoms in total. The van der Waals surface area contributed by atoms with Gasteiger partial charge in [0.15, 0.2) is 11.5 Å². The zero-order valence-electron chi connectivity index (χ0n) is 10.5. The Morgan fingerprint density at radius 1 is 1.05 bits per heavy atom. The number of rotatable bonds is 2. The van der Waals surface area contributed by atoms with Crippen molar-refractivity contribution in [3.8, 4) is 34.8 Å². The number of aromatic hydroxyl groups is 2. The van der Waals surface area contributed by atoms with Crippen LogP contribution in [0.2, 0.25) is 0 Å². The maximum atomic E-state index is 11.0. The van der Waals surface area contributed by atoms with Crippen LogP contribution in [0.25, 0.3) is 11.1 Å². The summed E-state index contributed by atoms with van der Waals surface area (Å²) in [6.07, 6.45) is 0. The Morgan fingerprint density at radius 2 is 1.76 bits per heavy atom. The molecule has 0 aliphatic carbocycles. The van der Waals surface area contributed by atoms with Crippen molar-refractivity contribution in [2.45, 2.75) is 0 Å². The SMILES string of the molecule is N#Cc1cc(-c2cccc(C(=O)O)c2)c(C#N)c(O)c1O. The minimum absolute atomic E-state index is 0.00228. The number of phenols is 2. The minimum Gasteiger partial charge on any atom is -0.503 e. The predicted molar refractivity (Wildman–Crippen MR) is 71.6 cm³/mol. The maximum absolute atomic E-state index is 11.0. The minimum atomic E-state index is -1.14. The van der Waals surface area contributed by atoms with Crippen molar-refractivity contribution in [2.24, 2.45) is 0 Å². The van der Waals surface area contributed by atoms with Crippen LogP contribution >= 0.6 is 0 Å². The first-order chi connectivity index (χ1) is 9.99. The number of benzene rings is 2. The van der Waals surface area contributed by atoms with E-state index < -0.39 is 17.5 Å². The Morgan fingerprint density at radius 3 is 2.33 bits per heavy atom. The van der Waals surface area contributed by atoms with E-state index in [1.54, 1.807) is 18.2 Å². The number of nitriles is 2. The second kappa shape index (κ2) is 5.24. The molecule has 0 aliphatic rings. The van der Waals surface area contributed by atoms with Crippen molar-refractivity contribution in [1.82, 2.24) is 0 Å². The van der Waals surface area contributed by atoms with Crippen molar-refractivity contribution in [1.29, 1.82) is 10.5 Å². The predicted octanol–water partition coefficient (Wildman–Crippen LogP) is 2.21. The molecule has 0 atom stereocenters. The standard InChI is InChI=1S/C15H8N2O4/c16-6-10-5-11(12(7-17)14(19)13(10)18)8-2-1-3-9(4-8)15(20)21/h1-5,18-19H,(H,20,21). The maximum Gasteiger partial charge on any atom is 0.335 e. The molecule has 0 fully saturated rings. The normalized spacial score (nSPS) is 9.62. The molecule has 0 aliphatic heterocycles. The van der Waals surface area contributed by atoms with E-state index in [1.807, 2.05) is 0 Å². The molecular weight excluding hydrogens is 272 g/mol. The molecule has 2 aromatic rings. The molecule has 0 spiro atoms. The van der Waals surface area contributed by atoms with Gasteiger partial charge in [-0.25, -0.2) is 4.79 Å². The number of hydrogen-bond donors (Lipinski definition) is 3. The molecule has 0 amide bonds. The van der Waals surface area contributed by atoms with E-state index in [0.29, 0.717) is 5.56 Å². The number of carboxylic acids is 1. The monoisotopic (exact) mass is 280 g/mol. The second-order valence-electron chi connectivity index (χ2n) is 4.15. The molecule has 3 N–H and O–H groups in total. The molecule has 2 aromatic carbocycles. The highest BCUT2D eigenvalue weighted by atomic mass is 16.4. The third-order valence-corrected chi connectivity index (χ3v) is 2.93. The van der Waals surface area contributed by atoms with Crippen LogP contribution in [0.1, 0.15) is 21.5 Å². The summed E-state index contributed by atoms with van der Waals surface area (Å²) in [4.78, 5) is 11.0. The third kappa shape index (κ3) is 2.34. The average Bonchev–Trinajstić information content (AvgIpc) is 2.49. The lowest BCUT2D eigenvalue weighted by Crippen LogP contribution is -1.97. The van der Waals surface area contributed by atoms with Crippen LogP contribution in [0.4, 0.5) is 0 Å². The lowest BCUT2D eigenvalue weighted by Gasteiger charge is -2.09. The molecule has 102 valence electrons. The van der Waals surface area contributed by atoms with E-state index >= 15 is 0 Å². The highest BCUT2D eigenvalue weighted by molar-refractivity contribution is 5.90. The fourth-order valence-corrected chi connectivity index (χ4v) is 1.90. The van der Waals surface area contributed by atoms with Gasteiger partial charge < -0.3 is 15.3 Å². The van der Waals surface area contributed by atoms with Gasteiger partial charge in [0.05, 0.1) is 11.1 Å². The summed E-state index contributed by atoms with van der Waals surface area (Å²) >= 11 is 0. The fraction of sp³-hybridized carbons (Fsp3) is 0. The summed E-state index contributed by atoms with van der Waals surface area (Å²) in [7, 11) is 0. The van der Waals surface area contributed by atoms with Gasteiger partial charge in [-0.3, -0.25) is 0 Å². The van der Waals surface area contributed by atoms with Gasteiger partial charge in [-0.2, -0.15) is 10.5 Å². The van der Waals surface area contributed by atoms with Crippen LogP contribution in [0.5, 0.6) is 11.5 Å². The molecule has 6 heteroatoms. The summed E-state index contributed by atoms with van der Waals surface area (Å²) in [5, 5.41) is 46.4. The number of phenolic OH excluding ortho intramolecular Hbond substituents is 2. The third-order valence-electron chi connectivity index (χ3n) is 2.93. The summed E-state index contributed by atoms with van der Waals surface area (Å²) in [6.45, 7) is 0. The Labute approximate surface area is 119 Å². The first-order valence-electron chi connectivity index (χ1n) is 5.72. The van der Waals surface area contributed by atoms with Crippen LogP contribution in [0.3, 0.4) is 0 Å².